The molecule has 124 valence electrons. The van der Waals surface area contributed by atoms with Crippen molar-refractivity contribution in [2.75, 3.05) is 7.11 Å². The molecular weight excluding hydrogens is 318 g/mol. The zero-order chi connectivity index (χ0) is 17.1. The standard InChI is InChI=1S/C18H15N5O2/c1-24-15-9-5-8-14(10-15)18-19-22-23(20-18)12-16-11-17(21-25-16)13-6-3-2-4-7-13/h2-11H,12H2,1H3. The minimum Gasteiger partial charge on any atom is -0.497 e. The molecule has 0 radical (unpaired) electrons. The summed E-state index contributed by atoms with van der Waals surface area (Å²) in [6.07, 6.45) is 0. The highest BCUT2D eigenvalue weighted by Crippen LogP contribution is 2.21. The van der Waals surface area contributed by atoms with E-state index in [4.69, 9.17) is 9.26 Å². The minimum atomic E-state index is 0.358. The van der Waals surface area contributed by atoms with Crippen LogP contribution in [0.4, 0.5) is 0 Å². The van der Waals surface area contributed by atoms with Crippen molar-refractivity contribution in [3.63, 3.8) is 0 Å². The molecule has 0 atom stereocenters. The molecule has 7 heteroatoms. The number of benzene rings is 2. The fourth-order valence-corrected chi connectivity index (χ4v) is 2.46. The number of nitrogens with zero attached hydrogens (tertiary/aromatic N) is 5. The predicted molar refractivity (Wildman–Crippen MR) is 90.8 cm³/mol. The lowest BCUT2D eigenvalue weighted by molar-refractivity contribution is 0.364. The van der Waals surface area contributed by atoms with Gasteiger partial charge in [-0.3, -0.25) is 0 Å². The second kappa shape index (κ2) is 6.56. The fraction of sp³-hybridized carbons (Fsp3) is 0.111. The summed E-state index contributed by atoms with van der Waals surface area (Å²) in [5.74, 6) is 1.94. The van der Waals surface area contributed by atoms with Crippen LogP contribution < -0.4 is 4.74 Å². The third kappa shape index (κ3) is 3.25. The van der Waals surface area contributed by atoms with Gasteiger partial charge in [0.1, 0.15) is 18.0 Å². The molecule has 0 aliphatic carbocycles. The minimum absolute atomic E-state index is 0.358. The molecule has 2 aromatic heterocycles. The first-order chi connectivity index (χ1) is 12.3. The monoisotopic (exact) mass is 333 g/mol. The maximum absolute atomic E-state index is 5.38. The Bertz CT molecular complexity index is 978. The highest BCUT2D eigenvalue weighted by atomic mass is 16.5. The molecule has 0 bridgehead atoms. The Morgan fingerprint density at radius 3 is 2.68 bits per heavy atom. The number of aromatic nitrogens is 5. The van der Waals surface area contributed by atoms with Crippen LogP contribution in [-0.2, 0) is 6.54 Å². The van der Waals surface area contributed by atoms with Gasteiger partial charge in [0, 0.05) is 17.2 Å². The van der Waals surface area contributed by atoms with Crippen molar-refractivity contribution in [2.45, 2.75) is 6.54 Å². The first kappa shape index (κ1) is 15.1. The fourth-order valence-electron chi connectivity index (χ4n) is 2.46. The summed E-state index contributed by atoms with van der Waals surface area (Å²) in [7, 11) is 1.62. The summed E-state index contributed by atoms with van der Waals surface area (Å²) in [6, 6.07) is 19.3. The quantitative estimate of drug-likeness (QED) is 0.558. The van der Waals surface area contributed by atoms with Crippen LogP contribution >= 0.6 is 0 Å². The van der Waals surface area contributed by atoms with Crippen molar-refractivity contribution in [3.05, 3.63) is 66.4 Å². The summed E-state index contributed by atoms with van der Waals surface area (Å²) in [5, 5.41) is 16.6. The van der Waals surface area contributed by atoms with Gasteiger partial charge < -0.3 is 9.26 Å². The van der Waals surface area contributed by atoms with Crippen LogP contribution in [0.2, 0.25) is 0 Å². The topological polar surface area (TPSA) is 78.9 Å². The number of ether oxygens (including phenoxy) is 1. The third-order valence-corrected chi connectivity index (χ3v) is 3.71. The average Bonchev–Trinajstić information content (AvgIpc) is 3.33. The molecule has 7 nitrogen and oxygen atoms in total. The highest BCUT2D eigenvalue weighted by Gasteiger charge is 2.11. The van der Waals surface area contributed by atoms with E-state index in [2.05, 4.69) is 20.6 Å². The van der Waals surface area contributed by atoms with Crippen molar-refractivity contribution in [3.8, 4) is 28.4 Å². The van der Waals surface area contributed by atoms with Gasteiger partial charge in [0.25, 0.3) is 0 Å². The first-order valence-corrected chi connectivity index (χ1v) is 7.75. The molecule has 2 heterocycles. The lowest BCUT2D eigenvalue weighted by Crippen LogP contribution is -2.03. The normalized spacial score (nSPS) is 10.8. The van der Waals surface area contributed by atoms with Crippen LogP contribution in [0.5, 0.6) is 5.75 Å². The molecule has 25 heavy (non-hydrogen) atoms. The molecule has 0 unspecified atom stereocenters. The molecule has 0 saturated heterocycles. The third-order valence-electron chi connectivity index (χ3n) is 3.71. The Hall–Kier alpha value is -3.48. The average molecular weight is 333 g/mol. The van der Waals surface area contributed by atoms with E-state index in [0.717, 1.165) is 22.6 Å². The van der Waals surface area contributed by atoms with Crippen molar-refractivity contribution in [1.82, 2.24) is 25.4 Å². The van der Waals surface area contributed by atoms with Crippen LogP contribution in [0, 0.1) is 0 Å². The lowest BCUT2D eigenvalue weighted by atomic mass is 10.1. The van der Waals surface area contributed by atoms with Gasteiger partial charge in [-0.2, -0.15) is 4.80 Å². The molecule has 0 amide bonds. The van der Waals surface area contributed by atoms with E-state index in [1.54, 1.807) is 7.11 Å². The van der Waals surface area contributed by atoms with E-state index >= 15 is 0 Å². The molecule has 0 saturated carbocycles. The largest absolute Gasteiger partial charge is 0.497 e. The van der Waals surface area contributed by atoms with Gasteiger partial charge >= 0.3 is 0 Å². The van der Waals surface area contributed by atoms with E-state index in [-0.39, 0.29) is 0 Å². The number of hydrogen-bond donors (Lipinski definition) is 0. The van der Waals surface area contributed by atoms with Crippen LogP contribution in [-0.4, -0.2) is 32.5 Å². The molecular formula is C18H15N5O2. The van der Waals surface area contributed by atoms with E-state index in [1.165, 1.54) is 4.80 Å². The molecule has 0 aliphatic rings. The molecule has 0 spiro atoms. The number of tetrazole rings is 1. The molecule has 4 rings (SSSR count). The maximum atomic E-state index is 5.38. The van der Waals surface area contributed by atoms with Crippen LogP contribution in [0.25, 0.3) is 22.6 Å². The van der Waals surface area contributed by atoms with Gasteiger partial charge in [-0.25, -0.2) is 0 Å². The highest BCUT2D eigenvalue weighted by molar-refractivity contribution is 5.58. The summed E-state index contributed by atoms with van der Waals surface area (Å²) in [6.45, 7) is 0.358. The number of hydrogen-bond acceptors (Lipinski definition) is 6. The van der Waals surface area contributed by atoms with Crippen molar-refractivity contribution >= 4 is 0 Å². The Morgan fingerprint density at radius 2 is 1.84 bits per heavy atom. The van der Waals surface area contributed by atoms with E-state index in [9.17, 15) is 0 Å². The molecule has 0 fully saturated rings. The zero-order valence-corrected chi connectivity index (χ0v) is 13.5. The number of rotatable bonds is 5. The van der Waals surface area contributed by atoms with E-state index < -0.39 is 0 Å². The Morgan fingerprint density at radius 1 is 1.00 bits per heavy atom. The second-order valence-corrected chi connectivity index (χ2v) is 5.42. The van der Waals surface area contributed by atoms with Crippen LogP contribution in [0.3, 0.4) is 0 Å². The van der Waals surface area contributed by atoms with Gasteiger partial charge in [-0.05, 0) is 17.3 Å². The van der Waals surface area contributed by atoms with E-state index in [1.807, 2.05) is 60.7 Å². The Balaban J connectivity index is 1.53. The predicted octanol–water partition coefficient (Wildman–Crippen LogP) is 3.05. The summed E-state index contributed by atoms with van der Waals surface area (Å²) < 4.78 is 10.6. The Labute approximate surface area is 143 Å². The summed E-state index contributed by atoms with van der Waals surface area (Å²) in [4.78, 5) is 1.48. The maximum Gasteiger partial charge on any atom is 0.205 e. The zero-order valence-electron chi connectivity index (χ0n) is 13.5. The first-order valence-electron chi connectivity index (χ1n) is 7.75. The molecule has 0 N–H and O–H groups in total. The van der Waals surface area contributed by atoms with E-state index in [0.29, 0.717) is 18.1 Å². The number of methoxy groups -OCH3 is 1. The Kier molecular flexibility index (Phi) is 3.96. The SMILES string of the molecule is COc1cccc(-c2nnn(Cc3cc(-c4ccccc4)no3)n2)c1. The second-order valence-electron chi connectivity index (χ2n) is 5.42. The van der Waals surface area contributed by atoms with Crippen molar-refractivity contribution < 1.29 is 9.26 Å². The molecule has 0 aliphatic heterocycles. The van der Waals surface area contributed by atoms with Gasteiger partial charge in [0.15, 0.2) is 5.76 Å². The summed E-state index contributed by atoms with van der Waals surface area (Å²) >= 11 is 0. The van der Waals surface area contributed by atoms with Crippen molar-refractivity contribution in [2.24, 2.45) is 0 Å². The summed E-state index contributed by atoms with van der Waals surface area (Å²) in [5.41, 5.74) is 2.62. The van der Waals surface area contributed by atoms with Crippen LogP contribution in [0.15, 0.2) is 65.2 Å². The smallest absolute Gasteiger partial charge is 0.205 e. The van der Waals surface area contributed by atoms with Gasteiger partial charge in [-0.15, -0.1) is 10.2 Å². The van der Waals surface area contributed by atoms with Crippen LogP contribution in [0.1, 0.15) is 5.76 Å². The van der Waals surface area contributed by atoms with Gasteiger partial charge in [0.2, 0.25) is 5.82 Å². The molecule has 4 aromatic rings. The van der Waals surface area contributed by atoms with Gasteiger partial charge in [0.05, 0.1) is 7.11 Å². The van der Waals surface area contributed by atoms with Crippen molar-refractivity contribution in [1.29, 1.82) is 0 Å². The lowest BCUT2D eigenvalue weighted by Gasteiger charge is -2.00. The molecule has 2 aromatic carbocycles. The van der Waals surface area contributed by atoms with Gasteiger partial charge in [-0.1, -0.05) is 47.6 Å².